The van der Waals surface area contributed by atoms with Crippen LogP contribution in [0.25, 0.3) is 0 Å². The van der Waals surface area contributed by atoms with Gasteiger partial charge in [0.1, 0.15) is 5.82 Å². The molecule has 9 heteroatoms. The van der Waals surface area contributed by atoms with Gasteiger partial charge in [-0.3, -0.25) is 14.4 Å². The number of aldehydes is 1. The zero-order chi connectivity index (χ0) is 16.7. The van der Waals surface area contributed by atoms with Crippen LogP contribution >= 0.6 is 11.6 Å². The van der Waals surface area contributed by atoms with E-state index >= 15 is 0 Å². The number of benzene rings is 1. The van der Waals surface area contributed by atoms with Gasteiger partial charge < -0.3 is 0 Å². The Hall–Kier alpha value is -1.96. The molecule has 0 N–H and O–H groups in total. The molecule has 1 aliphatic heterocycles. The van der Waals surface area contributed by atoms with Crippen molar-refractivity contribution in [2.24, 2.45) is 5.92 Å². The molecule has 0 spiro atoms. The van der Waals surface area contributed by atoms with Crippen molar-refractivity contribution < 1.29 is 31.9 Å². The van der Waals surface area contributed by atoms with E-state index in [2.05, 4.69) is 0 Å². The number of anilines is 1. The fraction of sp³-hybridized carbons (Fsp3) is 0.308. The molecule has 22 heavy (non-hydrogen) atoms. The van der Waals surface area contributed by atoms with Crippen molar-refractivity contribution in [1.82, 2.24) is 0 Å². The van der Waals surface area contributed by atoms with Gasteiger partial charge in [0.15, 0.2) is 6.29 Å². The predicted octanol–water partition coefficient (Wildman–Crippen LogP) is 3.12. The lowest BCUT2D eigenvalue weighted by Crippen LogP contribution is -2.47. The van der Waals surface area contributed by atoms with Gasteiger partial charge in [-0.25, -0.2) is 9.29 Å². The van der Waals surface area contributed by atoms with Gasteiger partial charge in [-0.15, -0.1) is 0 Å². The Balaban J connectivity index is 2.40. The number of rotatable bonds is 2. The van der Waals surface area contributed by atoms with Crippen LogP contribution in [0.4, 0.5) is 23.2 Å². The molecule has 1 saturated heterocycles. The molecular weight excluding hydrogens is 330 g/mol. The first-order chi connectivity index (χ1) is 10.1. The Morgan fingerprint density at radius 3 is 2.18 bits per heavy atom. The van der Waals surface area contributed by atoms with E-state index in [1.807, 2.05) is 0 Å². The average Bonchev–Trinajstić information content (AvgIpc) is 2.39. The first-order valence-corrected chi connectivity index (χ1v) is 6.39. The van der Waals surface area contributed by atoms with Crippen LogP contribution in [0.3, 0.4) is 0 Å². The van der Waals surface area contributed by atoms with Crippen LogP contribution in [0.5, 0.6) is 0 Å². The lowest BCUT2D eigenvalue weighted by Gasteiger charge is -2.31. The third-order valence-corrected chi connectivity index (χ3v) is 3.57. The molecule has 1 aromatic rings. The first kappa shape index (κ1) is 16.4. The van der Waals surface area contributed by atoms with Crippen molar-refractivity contribution in [2.75, 3.05) is 4.90 Å². The summed E-state index contributed by atoms with van der Waals surface area (Å²) < 4.78 is 51.7. The zero-order valence-electron chi connectivity index (χ0n) is 10.8. The maximum atomic E-state index is 13.9. The van der Waals surface area contributed by atoms with Crippen LogP contribution in [0.1, 0.15) is 23.2 Å². The maximum Gasteiger partial charge on any atom is 0.392 e. The summed E-state index contributed by atoms with van der Waals surface area (Å²) in [6.45, 7) is 0. The highest BCUT2D eigenvalue weighted by atomic mass is 35.5. The van der Waals surface area contributed by atoms with E-state index in [0.29, 0.717) is 4.90 Å². The van der Waals surface area contributed by atoms with Gasteiger partial charge >= 0.3 is 6.18 Å². The van der Waals surface area contributed by atoms with Crippen LogP contribution in [0.2, 0.25) is 5.02 Å². The average molecular weight is 338 g/mol. The molecule has 0 radical (unpaired) electrons. The summed E-state index contributed by atoms with van der Waals surface area (Å²) in [7, 11) is 0. The quantitative estimate of drug-likeness (QED) is 0.473. The highest BCUT2D eigenvalue weighted by molar-refractivity contribution is 6.33. The molecule has 1 aliphatic rings. The van der Waals surface area contributed by atoms with Gasteiger partial charge in [0.2, 0.25) is 11.8 Å². The Bertz CT molecular complexity index is 641. The zero-order valence-corrected chi connectivity index (χ0v) is 11.5. The molecule has 1 heterocycles. The lowest BCUT2D eigenvalue weighted by atomic mass is 9.94. The second-order valence-electron chi connectivity index (χ2n) is 4.71. The Morgan fingerprint density at radius 2 is 1.73 bits per heavy atom. The Kier molecular flexibility index (Phi) is 4.23. The summed E-state index contributed by atoms with van der Waals surface area (Å²) in [4.78, 5) is 34.7. The third-order valence-electron chi connectivity index (χ3n) is 3.24. The lowest BCUT2D eigenvalue weighted by molar-refractivity contribution is -0.185. The number of carbonyl (C=O) groups is 3. The van der Waals surface area contributed by atoms with E-state index in [0.717, 1.165) is 12.1 Å². The van der Waals surface area contributed by atoms with Gasteiger partial charge in [0.05, 0.1) is 16.6 Å². The van der Waals surface area contributed by atoms with Crippen molar-refractivity contribution in [2.45, 2.75) is 19.0 Å². The number of carbonyl (C=O) groups excluding carboxylic acids is 3. The van der Waals surface area contributed by atoms with E-state index in [1.165, 1.54) is 0 Å². The maximum absolute atomic E-state index is 13.9. The summed E-state index contributed by atoms with van der Waals surface area (Å²) in [6.07, 6.45) is -6.34. The van der Waals surface area contributed by atoms with Crippen molar-refractivity contribution >= 4 is 35.4 Å². The molecular formula is C13H8ClF4NO3. The van der Waals surface area contributed by atoms with Gasteiger partial charge in [0.25, 0.3) is 0 Å². The van der Waals surface area contributed by atoms with E-state index in [4.69, 9.17) is 11.6 Å². The number of imide groups is 1. The normalized spacial score (nSPS) is 17.0. The number of piperidine rings is 1. The molecule has 0 aromatic heterocycles. The molecule has 0 unspecified atom stereocenters. The molecule has 4 nitrogen and oxygen atoms in total. The second-order valence-corrected chi connectivity index (χ2v) is 5.12. The van der Waals surface area contributed by atoms with Crippen LogP contribution < -0.4 is 4.90 Å². The van der Waals surface area contributed by atoms with E-state index in [1.54, 1.807) is 0 Å². The summed E-state index contributed by atoms with van der Waals surface area (Å²) >= 11 is 5.59. The number of hydrogen-bond donors (Lipinski definition) is 0. The molecule has 118 valence electrons. The monoisotopic (exact) mass is 337 g/mol. The summed E-state index contributed by atoms with van der Waals surface area (Å²) in [6, 6.07) is 1.57. The molecule has 0 aliphatic carbocycles. The summed E-state index contributed by atoms with van der Waals surface area (Å²) in [5.74, 6) is -5.54. The minimum absolute atomic E-state index is 0.184. The molecule has 1 aromatic carbocycles. The highest BCUT2D eigenvalue weighted by Crippen LogP contribution is 2.37. The van der Waals surface area contributed by atoms with Crippen molar-refractivity contribution in [1.29, 1.82) is 0 Å². The Morgan fingerprint density at radius 1 is 1.18 bits per heavy atom. The molecule has 2 amide bonds. The molecule has 1 fully saturated rings. The number of amides is 2. The van der Waals surface area contributed by atoms with Crippen molar-refractivity contribution in [3.05, 3.63) is 28.5 Å². The predicted molar refractivity (Wildman–Crippen MR) is 68.1 cm³/mol. The molecule has 0 saturated carbocycles. The first-order valence-electron chi connectivity index (χ1n) is 6.02. The summed E-state index contributed by atoms with van der Waals surface area (Å²) in [5.41, 5.74) is -0.765. The van der Waals surface area contributed by atoms with Crippen molar-refractivity contribution in [3.63, 3.8) is 0 Å². The number of alkyl halides is 3. The smallest absolute Gasteiger partial charge is 0.298 e. The fourth-order valence-corrected chi connectivity index (χ4v) is 2.33. The standard InChI is InChI=1S/C13H8ClF4NO3/c14-8-4-9(15)10(1-6(8)5-20)19-11(21)2-7(3-12(19)22)13(16,17)18/h1,4-5,7H,2-3H2. The van der Waals surface area contributed by atoms with Crippen LogP contribution in [-0.4, -0.2) is 24.3 Å². The van der Waals surface area contributed by atoms with Gasteiger partial charge in [-0.1, -0.05) is 11.6 Å². The Labute approximate surface area is 126 Å². The third kappa shape index (κ3) is 2.96. The molecule has 0 bridgehead atoms. The second kappa shape index (κ2) is 5.68. The minimum Gasteiger partial charge on any atom is -0.298 e. The van der Waals surface area contributed by atoms with Crippen LogP contribution in [0, 0.1) is 11.7 Å². The number of hydrogen-bond acceptors (Lipinski definition) is 3. The van der Waals surface area contributed by atoms with Crippen molar-refractivity contribution in [3.8, 4) is 0 Å². The van der Waals surface area contributed by atoms with E-state index in [-0.39, 0.29) is 16.9 Å². The number of halogens is 5. The van der Waals surface area contributed by atoms with Gasteiger partial charge in [-0.05, 0) is 12.1 Å². The van der Waals surface area contributed by atoms with Gasteiger partial charge in [-0.2, -0.15) is 13.2 Å². The minimum atomic E-state index is -4.69. The summed E-state index contributed by atoms with van der Waals surface area (Å²) in [5, 5.41) is -0.235. The largest absolute Gasteiger partial charge is 0.392 e. The highest BCUT2D eigenvalue weighted by Gasteiger charge is 2.47. The van der Waals surface area contributed by atoms with Crippen LogP contribution in [0.15, 0.2) is 12.1 Å². The number of nitrogens with zero attached hydrogens (tertiary/aromatic N) is 1. The van der Waals surface area contributed by atoms with E-state index < -0.39 is 48.3 Å². The molecule has 0 atom stereocenters. The van der Waals surface area contributed by atoms with E-state index in [9.17, 15) is 31.9 Å². The molecule has 2 rings (SSSR count). The topological polar surface area (TPSA) is 54.5 Å². The SMILES string of the molecule is O=Cc1cc(N2C(=O)CC(C(F)(F)F)CC2=O)c(F)cc1Cl. The van der Waals surface area contributed by atoms with Crippen LogP contribution in [-0.2, 0) is 9.59 Å². The van der Waals surface area contributed by atoms with Gasteiger partial charge in [0, 0.05) is 18.4 Å². The fourth-order valence-electron chi connectivity index (χ4n) is 2.13.